The van der Waals surface area contributed by atoms with Crippen molar-refractivity contribution in [1.82, 2.24) is 16.0 Å². The normalized spacial score (nSPS) is 13.3. The molecule has 14 heteroatoms. The zero-order chi connectivity index (χ0) is 37.2. The molecule has 12 nitrogen and oxygen atoms in total. The number of hydrogen-bond acceptors (Lipinski definition) is 8. The molecule has 0 spiro atoms. The van der Waals surface area contributed by atoms with Gasteiger partial charge in [0.1, 0.15) is 18.1 Å². The minimum atomic E-state index is -1.43. The summed E-state index contributed by atoms with van der Waals surface area (Å²) in [6.45, 7) is 0. The smallest absolute Gasteiger partial charge is 0.326 e. The van der Waals surface area contributed by atoms with Crippen LogP contribution in [0.4, 0.5) is 5.69 Å². The number of non-ortho nitro benzene ring substituents is 1. The van der Waals surface area contributed by atoms with Crippen LogP contribution in [0.2, 0.25) is 5.02 Å². The number of carbonyl (C=O) groups is 4. The molecule has 1 aromatic heterocycles. The van der Waals surface area contributed by atoms with Gasteiger partial charge in [-0.1, -0.05) is 84.4 Å². The van der Waals surface area contributed by atoms with E-state index in [9.17, 15) is 34.4 Å². The maximum absolute atomic E-state index is 14.1. The highest BCUT2D eigenvalue weighted by atomic mass is 35.5. The standard InChI is InChI=1S/C38H36ClN5O7S/c39-28-13-8-23(9-14-28)19-32(41-35(45)31(40)22-30-6-3-17-52-30)36(46)42-33(21-25-7-12-26-4-1-2-5-27(26)18-25)37(47)43-34(38(48)49)20-24-10-15-29(16-11-24)44(50)51/h1-18,31-34H,19-22,40H2,(H,41,45)(H,42,46)(H,43,47)(H,48,49)/t31-,32+,33+,34+/m0/s1. The van der Waals surface area contributed by atoms with Crippen molar-refractivity contribution >= 4 is 63.1 Å². The Balaban J connectivity index is 1.40. The average Bonchev–Trinajstić information content (AvgIpc) is 3.64. The number of amides is 3. The molecule has 0 bridgehead atoms. The summed E-state index contributed by atoms with van der Waals surface area (Å²) in [5.41, 5.74) is 7.88. The summed E-state index contributed by atoms with van der Waals surface area (Å²) >= 11 is 7.53. The van der Waals surface area contributed by atoms with Crippen molar-refractivity contribution in [2.75, 3.05) is 0 Å². The van der Waals surface area contributed by atoms with E-state index in [-0.39, 0.29) is 31.4 Å². The predicted octanol–water partition coefficient (Wildman–Crippen LogP) is 4.60. The molecule has 6 N–H and O–H groups in total. The zero-order valence-electron chi connectivity index (χ0n) is 27.7. The maximum Gasteiger partial charge on any atom is 0.326 e. The first kappa shape index (κ1) is 37.6. The highest BCUT2D eigenvalue weighted by molar-refractivity contribution is 7.09. The fourth-order valence-corrected chi connectivity index (χ4v) is 6.52. The number of nitro benzene ring substituents is 1. The minimum Gasteiger partial charge on any atom is -0.480 e. The summed E-state index contributed by atoms with van der Waals surface area (Å²) in [6, 6.07) is 24.2. The van der Waals surface area contributed by atoms with Crippen LogP contribution in [0.1, 0.15) is 21.6 Å². The molecule has 5 aromatic rings. The number of halogens is 1. The third-order valence-corrected chi connectivity index (χ3v) is 9.56. The molecule has 52 heavy (non-hydrogen) atoms. The Morgan fingerprint density at radius 1 is 0.692 bits per heavy atom. The molecule has 3 amide bonds. The largest absolute Gasteiger partial charge is 0.480 e. The molecule has 0 aliphatic heterocycles. The SMILES string of the molecule is N[C@@H](Cc1cccs1)C(=O)N[C@H](Cc1ccc(Cl)cc1)C(=O)N[C@H](Cc1ccc2ccccc2c1)C(=O)N[C@H](Cc1ccc([N+](=O)[O-])cc1)C(=O)O. The number of thiophene rings is 1. The van der Waals surface area contributed by atoms with Gasteiger partial charge in [0.15, 0.2) is 0 Å². The van der Waals surface area contributed by atoms with E-state index in [2.05, 4.69) is 16.0 Å². The van der Waals surface area contributed by atoms with Gasteiger partial charge in [0.25, 0.3) is 5.69 Å². The van der Waals surface area contributed by atoms with Gasteiger partial charge in [-0.05, 0) is 51.0 Å². The molecule has 0 saturated heterocycles. The second-order valence-corrected chi connectivity index (χ2v) is 13.7. The van der Waals surface area contributed by atoms with Crippen molar-refractivity contribution in [2.45, 2.75) is 49.9 Å². The van der Waals surface area contributed by atoms with Gasteiger partial charge in [0.05, 0.1) is 11.0 Å². The second kappa shape index (κ2) is 17.5. The minimum absolute atomic E-state index is 0.00815. The van der Waals surface area contributed by atoms with E-state index in [1.54, 1.807) is 24.3 Å². The molecule has 268 valence electrons. The number of nitro groups is 1. The first-order valence-corrected chi connectivity index (χ1v) is 17.6. The van der Waals surface area contributed by atoms with Crippen LogP contribution in [0.25, 0.3) is 10.8 Å². The Bertz CT molecular complexity index is 2040. The van der Waals surface area contributed by atoms with E-state index in [0.717, 1.165) is 15.6 Å². The first-order valence-electron chi connectivity index (χ1n) is 16.3. The summed E-state index contributed by atoms with van der Waals surface area (Å²) < 4.78 is 0. The lowest BCUT2D eigenvalue weighted by Gasteiger charge is -2.26. The van der Waals surface area contributed by atoms with Crippen molar-refractivity contribution < 1.29 is 29.2 Å². The van der Waals surface area contributed by atoms with E-state index < -0.39 is 52.8 Å². The predicted molar refractivity (Wildman–Crippen MR) is 199 cm³/mol. The van der Waals surface area contributed by atoms with Gasteiger partial charge in [-0.15, -0.1) is 11.3 Å². The van der Waals surface area contributed by atoms with Crippen molar-refractivity contribution in [3.63, 3.8) is 0 Å². The maximum atomic E-state index is 14.1. The fourth-order valence-electron chi connectivity index (χ4n) is 5.63. The Morgan fingerprint density at radius 3 is 1.83 bits per heavy atom. The summed E-state index contributed by atoms with van der Waals surface area (Å²) in [6.07, 6.45) is 0.124. The van der Waals surface area contributed by atoms with Crippen molar-refractivity contribution in [3.8, 4) is 0 Å². The monoisotopic (exact) mass is 741 g/mol. The molecule has 0 unspecified atom stereocenters. The Kier molecular flexibility index (Phi) is 12.7. The number of carboxylic acid groups (broad SMARTS) is 1. The summed E-state index contributed by atoms with van der Waals surface area (Å²) in [4.78, 5) is 65.0. The van der Waals surface area contributed by atoms with Gasteiger partial charge >= 0.3 is 5.97 Å². The number of carboxylic acids is 1. The fraction of sp³-hybridized carbons (Fsp3) is 0.211. The average molecular weight is 742 g/mol. The third-order valence-electron chi connectivity index (χ3n) is 8.41. The van der Waals surface area contributed by atoms with E-state index in [4.69, 9.17) is 17.3 Å². The van der Waals surface area contributed by atoms with Gasteiger partial charge in [0, 0.05) is 47.7 Å². The number of carbonyl (C=O) groups excluding carboxylic acids is 3. The van der Waals surface area contributed by atoms with Gasteiger partial charge in [0.2, 0.25) is 17.7 Å². The summed E-state index contributed by atoms with van der Waals surface area (Å²) in [5.74, 6) is -3.36. The van der Waals surface area contributed by atoms with Crippen LogP contribution in [-0.4, -0.2) is 57.9 Å². The first-order chi connectivity index (χ1) is 24.9. The lowest BCUT2D eigenvalue weighted by Crippen LogP contribution is -2.58. The molecule has 4 aromatic carbocycles. The van der Waals surface area contributed by atoms with E-state index >= 15 is 0 Å². The Morgan fingerprint density at radius 2 is 1.23 bits per heavy atom. The molecule has 4 atom stereocenters. The molecular weight excluding hydrogens is 706 g/mol. The van der Waals surface area contributed by atoms with Crippen molar-refractivity contribution in [1.29, 1.82) is 0 Å². The molecule has 0 aliphatic carbocycles. The number of nitrogens with zero attached hydrogens (tertiary/aromatic N) is 1. The molecule has 1 heterocycles. The van der Waals surface area contributed by atoms with Crippen LogP contribution in [-0.2, 0) is 44.9 Å². The van der Waals surface area contributed by atoms with Crippen LogP contribution in [0.3, 0.4) is 0 Å². The number of aliphatic carboxylic acids is 1. The number of benzene rings is 4. The van der Waals surface area contributed by atoms with E-state index in [0.29, 0.717) is 21.7 Å². The highest BCUT2D eigenvalue weighted by Gasteiger charge is 2.31. The van der Waals surface area contributed by atoms with Gasteiger partial charge in [-0.2, -0.15) is 0 Å². The van der Waals surface area contributed by atoms with Crippen LogP contribution in [0.15, 0.2) is 109 Å². The molecule has 0 fully saturated rings. The number of nitrogens with one attached hydrogen (secondary N) is 3. The molecule has 0 aliphatic rings. The lowest BCUT2D eigenvalue weighted by atomic mass is 9.99. The lowest BCUT2D eigenvalue weighted by molar-refractivity contribution is -0.384. The molecule has 0 radical (unpaired) electrons. The topological polar surface area (TPSA) is 194 Å². The molecule has 5 rings (SSSR count). The molecule has 0 saturated carbocycles. The quantitative estimate of drug-likeness (QED) is 0.0715. The second-order valence-electron chi connectivity index (χ2n) is 12.3. The highest BCUT2D eigenvalue weighted by Crippen LogP contribution is 2.19. The molecular formula is C38H36ClN5O7S. The van der Waals surface area contributed by atoms with Gasteiger partial charge in [-0.25, -0.2) is 4.79 Å². The van der Waals surface area contributed by atoms with E-state index in [1.165, 1.54) is 35.6 Å². The van der Waals surface area contributed by atoms with E-state index in [1.807, 2.05) is 60.0 Å². The number of nitrogens with two attached hydrogens (primary N) is 1. The number of hydrogen-bond donors (Lipinski definition) is 5. The third kappa shape index (κ3) is 10.4. The zero-order valence-corrected chi connectivity index (χ0v) is 29.3. The Hall–Kier alpha value is -5.63. The van der Waals surface area contributed by atoms with Crippen LogP contribution < -0.4 is 21.7 Å². The van der Waals surface area contributed by atoms with Gasteiger partial charge < -0.3 is 26.8 Å². The van der Waals surface area contributed by atoms with Crippen molar-refractivity contribution in [3.05, 3.63) is 145 Å². The summed E-state index contributed by atoms with van der Waals surface area (Å²) in [5, 5.41) is 33.4. The van der Waals surface area contributed by atoms with Gasteiger partial charge in [-0.3, -0.25) is 24.5 Å². The number of rotatable bonds is 16. The van der Waals surface area contributed by atoms with Crippen LogP contribution in [0.5, 0.6) is 0 Å². The van der Waals surface area contributed by atoms with Crippen molar-refractivity contribution in [2.24, 2.45) is 5.73 Å². The van der Waals surface area contributed by atoms with Crippen LogP contribution in [0, 0.1) is 10.1 Å². The number of fused-ring (bicyclic) bond motifs is 1. The summed E-state index contributed by atoms with van der Waals surface area (Å²) in [7, 11) is 0. The van der Waals surface area contributed by atoms with Crippen LogP contribution >= 0.6 is 22.9 Å². The Labute approximate surface area is 308 Å².